The number of guanidine groups is 1. The summed E-state index contributed by atoms with van der Waals surface area (Å²) in [6, 6.07) is 16.2. The number of benzene rings is 2. The van der Waals surface area contributed by atoms with Crippen LogP contribution in [-0.2, 0) is 20.8 Å². The molecule has 206 valence electrons. The molecule has 2 atom stereocenters. The number of aliphatic imine (C=N–C) groups is 1. The van der Waals surface area contributed by atoms with Crippen LogP contribution in [0.4, 0.5) is 0 Å². The fourth-order valence-electron chi connectivity index (χ4n) is 3.83. The van der Waals surface area contributed by atoms with Gasteiger partial charge in [0.25, 0.3) is 0 Å². The Hall–Kier alpha value is -3.92. The summed E-state index contributed by atoms with van der Waals surface area (Å²) < 4.78 is 0. The molecule has 2 rings (SSSR count). The van der Waals surface area contributed by atoms with E-state index in [0.29, 0.717) is 38.9 Å². The van der Waals surface area contributed by atoms with Crippen LogP contribution in [0.5, 0.6) is 0 Å². The average Bonchev–Trinajstić information content (AvgIpc) is 2.90. The quantitative estimate of drug-likeness (QED) is 0.109. The topological polar surface area (TPSA) is 178 Å². The normalized spacial score (nSPS) is 12.2. The second-order valence-electron chi connectivity index (χ2n) is 9.18. The number of hydrogen-bond donors (Lipinski definition) is 6. The Bertz CT molecular complexity index is 1040. The molecule has 3 amide bonds. The van der Waals surface area contributed by atoms with E-state index in [9.17, 15) is 14.4 Å². The van der Waals surface area contributed by atoms with Gasteiger partial charge in [-0.3, -0.25) is 19.4 Å². The first-order valence-corrected chi connectivity index (χ1v) is 13.1. The minimum atomic E-state index is -0.796. The Morgan fingerprint density at radius 2 is 1.53 bits per heavy atom. The molecule has 0 bridgehead atoms. The molecule has 38 heavy (non-hydrogen) atoms. The Labute approximate surface area is 224 Å². The largest absolute Gasteiger partial charge is 0.370 e. The molecule has 10 heteroatoms. The van der Waals surface area contributed by atoms with E-state index in [1.807, 2.05) is 54.6 Å². The maximum atomic E-state index is 12.8. The number of carbonyl (C=O) groups excluding carboxylic acids is 3. The third-order valence-electron chi connectivity index (χ3n) is 5.95. The molecule has 0 unspecified atom stereocenters. The van der Waals surface area contributed by atoms with Crippen LogP contribution < -0.4 is 33.2 Å². The lowest BCUT2D eigenvalue weighted by Gasteiger charge is -2.21. The second kappa shape index (κ2) is 16.8. The second-order valence-corrected chi connectivity index (χ2v) is 9.18. The Balaban J connectivity index is 1.84. The summed E-state index contributed by atoms with van der Waals surface area (Å²) in [5.41, 5.74) is 19.2. The van der Waals surface area contributed by atoms with Gasteiger partial charge in [0.15, 0.2) is 5.96 Å². The maximum absolute atomic E-state index is 12.8. The molecule has 0 saturated heterocycles. The van der Waals surface area contributed by atoms with E-state index in [0.717, 1.165) is 29.5 Å². The van der Waals surface area contributed by atoms with Crippen molar-refractivity contribution in [1.29, 1.82) is 0 Å². The number of amides is 3. The van der Waals surface area contributed by atoms with Gasteiger partial charge >= 0.3 is 0 Å². The molecule has 0 fully saturated rings. The third kappa shape index (κ3) is 11.4. The van der Waals surface area contributed by atoms with Crippen molar-refractivity contribution in [1.82, 2.24) is 16.0 Å². The molecule has 0 aromatic heterocycles. The molecule has 2 aromatic rings. The molecule has 0 spiro atoms. The Morgan fingerprint density at radius 1 is 0.842 bits per heavy atom. The highest BCUT2D eigenvalue weighted by Crippen LogP contribution is 2.19. The highest BCUT2D eigenvalue weighted by atomic mass is 16.2. The van der Waals surface area contributed by atoms with E-state index in [4.69, 9.17) is 17.2 Å². The van der Waals surface area contributed by atoms with Gasteiger partial charge in [-0.1, -0.05) is 54.6 Å². The molecule has 0 aliphatic heterocycles. The van der Waals surface area contributed by atoms with E-state index in [1.54, 1.807) is 6.92 Å². The van der Waals surface area contributed by atoms with Crippen molar-refractivity contribution in [3.63, 3.8) is 0 Å². The van der Waals surface area contributed by atoms with Crippen molar-refractivity contribution in [2.24, 2.45) is 22.2 Å². The Morgan fingerprint density at radius 3 is 2.18 bits per heavy atom. The summed E-state index contributed by atoms with van der Waals surface area (Å²) in [6.45, 7) is 3.04. The molecule has 0 saturated carbocycles. The minimum Gasteiger partial charge on any atom is -0.370 e. The van der Waals surface area contributed by atoms with Gasteiger partial charge in [0, 0.05) is 13.1 Å². The van der Waals surface area contributed by atoms with E-state index >= 15 is 0 Å². The van der Waals surface area contributed by atoms with Crippen LogP contribution in [0.3, 0.4) is 0 Å². The lowest BCUT2D eigenvalue weighted by Crippen LogP contribution is -2.53. The van der Waals surface area contributed by atoms with Gasteiger partial charge in [-0.25, -0.2) is 0 Å². The van der Waals surface area contributed by atoms with Crippen molar-refractivity contribution >= 4 is 23.7 Å². The maximum Gasteiger partial charge on any atom is 0.242 e. The zero-order valence-electron chi connectivity index (χ0n) is 22.1. The van der Waals surface area contributed by atoms with E-state index in [1.165, 1.54) is 0 Å². The van der Waals surface area contributed by atoms with Crippen LogP contribution in [0, 0.1) is 0 Å². The van der Waals surface area contributed by atoms with E-state index in [2.05, 4.69) is 20.9 Å². The van der Waals surface area contributed by atoms with Gasteiger partial charge in [-0.05, 0) is 62.3 Å². The molecule has 10 nitrogen and oxygen atoms in total. The molecule has 9 N–H and O–H groups in total. The van der Waals surface area contributed by atoms with Gasteiger partial charge in [-0.15, -0.1) is 0 Å². The molecule has 0 aliphatic rings. The number of unbranched alkanes of at least 4 members (excludes halogenated alkanes) is 2. The lowest BCUT2D eigenvalue weighted by molar-refractivity contribution is -0.131. The Kier molecular flexibility index (Phi) is 13.4. The monoisotopic (exact) mass is 523 g/mol. The molecule has 0 heterocycles. The van der Waals surface area contributed by atoms with Crippen molar-refractivity contribution < 1.29 is 14.4 Å². The number of nitrogens with two attached hydrogens (primary N) is 3. The lowest BCUT2D eigenvalue weighted by atomic mass is 10.0. The van der Waals surface area contributed by atoms with Crippen molar-refractivity contribution in [2.45, 2.75) is 57.5 Å². The smallest absolute Gasteiger partial charge is 0.242 e. The van der Waals surface area contributed by atoms with Crippen LogP contribution >= 0.6 is 0 Å². The number of hydrogen-bond acceptors (Lipinski definition) is 5. The standard InChI is InChI=1S/C28H41N7O3/c1-20(34-25(36)19-21-12-14-23(15-13-21)22-9-3-2-4-10-22)26(37)35-24(11-5-6-16-29)27(38)32-17-7-8-18-33-28(30)31/h2-4,9-10,12-15,20,24H,5-8,11,16-19,29H2,1H3,(H,32,38)(H,34,36)(H,35,37)(H4,30,31,33)/t20-,24-/m0/s1. The number of nitrogens with one attached hydrogen (secondary N) is 3. The molecular formula is C28H41N7O3. The van der Waals surface area contributed by atoms with Crippen LogP contribution in [0.15, 0.2) is 59.6 Å². The zero-order valence-corrected chi connectivity index (χ0v) is 22.1. The number of carbonyl (C=O) groups is 3. The predicted molar refractivity (Wildman–Crippen MR) is 151 cm³/mol. The molecule has 2 aromatic carbocycles. The summed E-state index contributed by atoms with van der Waals surface area (Å²) in [7, 11) is 0. The molecule has 0 aliphatic carbocycles. The minimum absolute atomic E-state index is 0.0406. The fourth-order valence-corrected chi connectivity index (χ4v) is 3.83. The summed E-state index contributed by atoms with van der Waals surface area (Å²) in [4.78, 5) is 42.0. The van der Waals surface area contributed by atoms with Crippen molar-refractivity contribution in [2.75, 3.05) is 19.6 Å². The highest BCUT2D eigenvalue weighted by Gasteiger charge is 2.24. The fraction of sp³-hybridized carbons (Fsp3) is 0.429. The van der Waals surface area contributed by atoms with Crippen molar-refractivity contribution in [3.8, 4) is 11.1 Å². The van der Waals surface area contributed by atoms with E-state index < -0.39 is 18.0 Å². The summed E-state index contributed by atoms with van der Waals surface area (Å²) >= 11 is 0. The summed E-state index contributed by atoms with van der Waals surface area (Å²) in [5.74, 6) is -0.920. The van der Waals surface area contributed by atoms with Gasteiger partial charge in [0.05, 0.1) is 6.42 Å². The van der Waals surface area contributed by atoms with Crippen LogP contribution in [0.25, 0.3) is 11.1 Å². The molecular weight excluding hydrogens is 482 g/mol. The summed E-state index contributed by atoms with van der Waals surface area (Å²) in [5, 5.41) is 8.35. The van der Waals surface area contributed by atoms with Gasteiger partial charge in [0.2, 0.25) is 17.7 Å². The molecule has 0 radical (unpaired) electrons. The van der Waals surface area contributed by atoms with Crippen LogP contribution in [0.1, 0.15) is 44.6 Å². The first kappa shape index (κ1) is 30.3. The van der Waals surface area contributed by atoms with E-state index in [-0.39, 0.29) is 24.2 Å². The van der Waals surface area contributed by atoms with Crippen molar-refractivity contribution in [3.05, 3.63) is 60.2 Å². The highest BCUT2D eigenvalue weighted by molar-refractivity contribution is 5.92. The first-order chi connectivity index (χ1) is 18.3. The average molecular weight is 524 g/mol. The zero-order chi connectivity index (χ0) is 27.8. The van der Waals surface area contributed by atoms with Gasteiger partial charge in [-0.2, -0.15) is 0 Å². The van der Waals surface area contributed by atoms with Gasteiger partial charge < -0.3 is 33.2 Å². The SMILES string of the molecule is C[C@H](NC(=O)Cc1ccc(-c2ccccc2)cc1)C(=O)N[C@@H](CCCCN)C(=O)NCCCCN=C(N)N. The predicted octanol–water partition coefficient (Wildman–Crippen LogP) is 1.18. The van der Waals surface area contributed by atoms with Gasteiger partial charge in [0.1, 0.15) is 12.1 Å². The number of rotatable bonds is 16. The van der Waals surface area contributed by atoms with Crippen LogP contribution in [0.2, 0.25) is 0 Å². The van der Waals surface area contributed by atoms with Crippen LogP contribution in [-0.4, -0.2) is 55.4 Å². The number of nitrogens with zero attached hydrogens (tertiary/aromatic N) is 1. The third-order valence-corrected chi connectivity index (χ3v) is 5.95. The summed E-state index contributed by atoms with van der Waals surface area (Å²) in [6.07, 6.45) is 3.46. The first-order valence-electron chi connectivity index (χ1n) is 13.1.